The van der Waals surface area contributed by atoms with Crippen LogP contribution >= 0.6 is 0 Å². The molecule has 116 valence electrons. The van der Waals surface area contributed by atoms with Gasteiger partial charge in [0.05, 0.1) is 0 Å². The van der Waals surface area contributed by atoms with Crippen molar-refractivity contribution in [1.29, 1.82) is 0 Å². The van der Waals surface area contributed by atoms with Crippen LogP contribution in [0.15, 0.2) is 18.2 Å². The zero-order valence-electron chi connectivity index (χ0n) is 12.5. The average molecular weight is 295 g/mol. The smallest absolute Gasteiger partial charge is 0.339 e. The highest BCUT2D eigenvalue weighted by Gasteiger charge is 2.18. The molecule has 0 fully saturated rings. The second kappa shape index (κ2) is 8.26. The van der Waals surface area contributed by atoms with E-state index >= 15 is 0 Å². The maximum Gasteiger partial charge on any atom is 0.339 e. The lowest BCUT2D eigenvalue weighted by Gasteiger charge is -2.16. The number of carbonyl (C=O) groups is 2. The molecule has 6 heteroatoms. The van der Waals surface area contributed by atoms with Gasteiger partial charge in [0.1, 0.15) is 11.3 Å². The van der Waals surface area contributed by atoms with E-state index in [1.807, 2.05) is 6.92 Å². The predicted octanol–water partition coefficient (Wildman–Crippen LogP) is 1.61. The number of nitrogens with one attached hydrogen (secondary N) is 1. The summed E-state index contributed by atoms with van der Waals surface area (Å²) in [5.74, 6) is -1.18. The third-order valence-corrected chi connectivity index (χ3v) is 2.86. The van der Waals surface area contributed by atoms with Gasteiger partial charge in [-0.1, -0.05) is 6.07 Å². The van der Waals surface area contributed by atoms with Crippen LogP contribution in [0.5, 0.6) is 5.75 Å². The standard InChI is InChI=1S/C15H21NO5/c1-10-5-6-12(15(18)19)13(9-10)21-11(2)14(17)16-7-4-8-20-3/h5-6,9,11H,4,7-8H2,1-3H3,(H,16,17)(H,18,19). The Morgan fingerprint density at radius 1 is 1.38 bits per heavy atom. The summed E-state index contributed by atoms with van der Waals surface area (Å²) in [6.45, 7) is 4.46. The van der Waals surface area contributed by atoms with Gasteiger partial charge in [0, 0.05) is 20.3 Å². The fourth-order valence-electron chi connectivity index (χ4n) is 1.72. The minimum atomic E-state index is -1.09. The van der Waals surface area contributed by atoms with Crippen LogP contribution in [0.4, 0.5) is 0 Å². The molecule has 0 aromatic heterocycles. The van der Waals surface area contributed by atoms with Crippen molar-refractivity contribution in [3.63, 3.8) is 0 Å². The summed E-state index contributed by atoms with van der Waals surface area (Å²) in [4.78, 5) is 23.0. The highest BCUT2D eigenvalue weighted by molar-refractivity contribution is 5.91. The van der Waals surface area contributed by atoms with E-state index in [0.717, 1.165) is 5.56 Å². The van der Waals surface area contributed by atoms with Crippen molar-refractivity contribution in [1.82, 2.24) is 5.32 Å². The number of aromatic carboxylic acids is 1. The highest BCUT2D eigenvalue weighted by Crippen LogP contribution is 2.21. The lowest BCUT2D eigenvalue weighted by Crippen LogP contribution is -2.37. The van der Waals surface area contributed by atoms with E-state index in [-0.39, 0.29) is 17.2 Å². The summed E-state index contributed by atoms with van der Waals surface area (Å²) in [6.07, 6.45) is -0.0628. The number of hydrogen-bond acceptors (Lipinski definition) is 4. The Kier molecular flexibility index (Phi) is 6.68. The van der Waals surface area contributed by atoms with Crippen LogP contribution in [-0.2, 0) is 9.53 Å². The molecule has 0 saturated carbocycles. The van der Waals surface area contributed by atoms with E-state index < -0.39 is 12.1 Å². The summed E-state index contributed by atoms with van der Waals surface area (Å²) in [6, 6.07) is 4.76. The van der Waals surface area contributed by atoms with Crippen LogP contribution in [0.1, 0.15) is 29.3 Å². The first-order valence-corrected chi connectivity index (χ1v) is 6.73. The number of methoxy groups -OCH3 is 1. The van der Waals surface area contributed by atoms with Crippen LogP contribution in [0.2, 0.25) is 0 Å². The zero-order chi connectivity index (χ0) is 15.8. The van der Waals surface area contributed by atoms with Crippen LogP contribution in [0, 0.1) is 6.92 Å². The van der Waals surface area contributed by atoms with Crippen molar-refractivity contribution in [2.45, 2.75) is 26.4 Å². The Bertz CT molecular complexity index is 501. The molecule has 6 nitrogen and oxygen atoms in total. The molecule has 0 aliphatic heterocycles. The molecule has 0 spiro atoms. The summed E-state index contributed by atoms with van der Waals surface area (Å²) in [5.41, 5.74) is 0.905. The van der Waals surface area contributed by atoms with Gasteiger partial charge in [-0.3, -0.25) is 4.79 Å². The summed E-state index contributed by atoms with van der Waals surface area (Å²) in [5, 5.41) is 11.8. The fourth-order valence-corrected chi connectivity index (χ4v) is 1.72. The van der Waals surface area contributed by atoms with Gasteiger partial charge in [0.15, 0.2) is 6.10 Å². The molecule has 2 N–H and O–H groups in total. The molecule has 1 aromatic rings. The van der Waals surface area contributed by atoms with Crippen molar-refractivity contribution in [3.8, 4) is 5.75 Å². The fraction of sp³-hybridized carbons (Fsp3) is 0.467. The lowest BCUT2D eigenvalue weighted by atomic mass is 10.1. The molecule has 1 atom stereocenters. The average Bonchev–Trinajstić information content (AvgIpc) is 2.43. The number of amides is 1. The van der Waals surface area contributed by atoms with Crippen LogP contribution in [0.25, 0.3) is 0 Å². The molecule has 0 radical (unpaired) electrons. The number of aryl methyl sites for hydroxylation is 1. The number of carboxylic acids is 1. The molecule has 0 aliphatic carbocycles. The van der Waals surface area contributed by atoms with Gasteiger partial charge < -0.3 is 19.9 Å². The number of rotatable bonds is 8. The second-order valence-electron chi connectivity index (χ2n) is 4.70. The Hall–Kier alpha value is -2.08. The Morgan fingerprint density at radius 2 is 2.10 bits per heavy atom. The summed E-state index contributed by atoms with van der Waals surface area (Å²) < 4.78 is 10.4. The largest absolute Gasteiger partial charge is 0.480 e. The maximum atomic E-state index is 11.9. The van der Waals surface area contributed by atoms with E-state index in [2.05, 4.69) is 5.32 Å². The lowest BCUT2D eigenvalue weighted by molar-refractivity contribution is -0.127. The third kappa shape index (κ3) is 5.43. The van der Waals surface area contributed by atoms with Crippen molar-refractivity contribution in [2.75, 3.05) is 20.3 Å². The van der Waals surface area contributed by atoms with E-state index in [1.54, 1.807) is 26.2 Å². The molecule has 0 saturated heterocycles. The van der Waals surface area contributed by atoms with E-state index in [0.29, 0.717) is 19.6 Å². The summed E-state index contributed by atoms with van der Waals surface area (Å²) >= 11 is 0. The van der Waals surface area contributed by atoms with Crippen LogP contribution < -0.4 is 10.1 Å². The van der Waals surface area contributed by atoms with Crippen LogP contribution in [0.3, 0.4) is 0 Å². The third-order valence-electron chi connectivity index (χ3n) is 2.86. The zero-order valence-corrected chi connectivity index (χ0v) is 12.5. The van der Waals surface area contributed by atoms with Gasteiger partial charge in [-0.25, -0.2) is 4.79 Å². The van der Waals surface area contributed by atoms with Gasteiger partial charge in [-0.15, -0.1) is 0 Å². The topological polar surface area (TPSA) is 84.9 Å². The first-order chi connectivity index (χ1) is 9.95. The second-order valence-corrected chi connectivity index (χ2v) is 4.70. The normalized spacial score (nSPS) is 11.8. The molecule has 21 heavy (non-hydrogen) atoms. The number of ether oxygens (including phenoxy) is 2. The number of benzene rings is 1. The van der Waals surface area contributed by atoms with Crippen molar-refractivity contribution >= 4 is 11.9 Å². The highest BCUT2D eigenvalue weighted by atomic mass is 16.5. The van der Waals surface area contributed by atoms with Crippen LogP contribution in [-0.4, -0.2) is 43.3 Å². The quantitative estimate of drug-likeness (QED) is 0.712. The molecular weight excluding hydrogens is 274 g/mol. The molecular formula is C15H21NO5. The molecule has 0 heterocycles. The summed E-state index contributed by atoms with van der Waals surface area (Å²) in [7, 11) is 1.60. The van der Waals surface area contributed by atoms with Gasteiger partial charge in [0.2, 0.25) is 0 Å². The van der Waals surface area contributed by atoms with Gasteiger partial charge in [0.25, 0.3) is 5.91 Å². The van der Waals surface area contributed by atoms with Gasteiger partial charge in [-0.2, -0.15) is 0 Å². The molecule has 1 unspecified atom stereocenters. The maximum absolute atomic E-state index is 11.9. The van der Waals surface area contributed by atoms with Gasteiger partial charge >= 0.3 is 5.97 Å². The monoisotopic (exact) mass is 295 g/mol. The molecule has 1 amide bonds. The Labute approximate surface area is 124 Å². The minimum absolute atomic E-state index is 0.0413. The number of hydrogen-bond donors (Lipinski definition) is 2. The first-order valence-electron chi connectivity index (χ1n) is 6.73. The van der Waals surface area contributed by atoms with Crippen molar-refractivity contribution < 1.29 is 24.2 Å². The van der Waals surface area contributed by atoms with Crippen molar-refractivity contribution in [3.05, 3.63) is 29.3 Å². The predicted molar refractivity (Wildman–Crippen MR) is 77.7 cm³/mol. The minimum Gasteiger partial charge on any atom is -0.480 e. The molecule has 0 bridgehead atoms. The van der Waals surface area contributed by atoms with Gasteiger partial charge in [-0.05, 0) is 38.0 Å². The van der Waals surface area contributed by atoms with Crippen molar-refractivity contribution in [2.24, 2.45) is 0 Å². The first kappa shape index (κ1) is 17.0. The number of carbonyl (C=O) groups excluding carboxylic acids is 1. The van der Waals surface area contributed by atoms with E-state index in [1.165, 1.54) is 6.07 Å². The Morgan fingerprint density at radius 3 is 2.71 bits per heavy atom. The molecule has 0 aliphatic rings. The molecule has 1 rings (SSSR count). The van der Waals surface area contributed by atoms with E-state index in [9.17, 15) is 9.59 Å². The van der Waals surface area contributed by atoms with E-state index in [4.69, 9.17) is 14.6 Å². The number of carboxylic acid groups (broad SMARTS) is 1. The SMILES string of the molecule is COCCCNC(=O)C(C)Oc1cc(C)ccc1C(=O)O. The molecule has 1 aromatic carbocycles. The Balaban J connectivity index is 2.65.